The van der Waals surface area contributed by atoms with Crippen molar-refractivity contribution in [1.29, 1.82) is 0 Å². The van der Waals surface area contributed by atoms with Crippen LogP contribution in [0.4, 0.5) is 10.1 Å². The normalized spacial score (nSPS) is 16.8. The second kappa shape index (κ2) is 7.58. The molecule has 6 nitrogen and oxygen atoms in total. The number of methoxy groups -OCH3 is 2. The fraction of sp³-hybridized carbons (Fsp3) is 0.273. The van der Waals surface area contributed by atoms with Gasteiger partial charge in [0, 0.05) is 13.1 Å². The van der Waals surface area contributed by atoms with Gasteiger partial charge in [-0.2, -0.15) is 0 Å². The van der Waals surface area contributed by atoms with Crippen LogP contribution in [0.3, 0.4) is 0 Å². The van der Waals surface area contributed by atoms with Crippen LogP contribution < -0.4 is 14.4 Å². The Kier molecular flexibility index (Phi) is 4.96. The highest BCUT2D eigenvalue weighted by atomic mass is 19.1. The van der Waals surface area contributed by atoms with E-state index in [0.717, 1.165) is 17.7 Å². The van der Waals surface area contributed by atoms with Crippen LogP contribution in [0.15, 0.2) is 48.2 Å². The van der Waals surface area contributed by atoms with Gasteiger partial charge in [0.1, 0.15) is 11.5 Å². The van der Waals surface area contributed by atoms with Crippen molar-refractivity contribution in [2.45, 2.75) is 12.8 Å². The molecule has 0 atom stereocenters. The Morgan fingerprint density at radius 1 is 0.862 bits per heavy atom. The molecule has 0 N–H and O–H groups in total. The smallest absolute Gasteiger partial charge is 0.282 e. The fourth-order valence-electron chi connectivity index (χ4n) is 3.83. The van der Waals surface area contributed by atoms with Crippen molar-refractivity contribution in [3.63, 3.8) is 0 Å². The van der Waals surface area contributed by atoms with E-state index in [1.807, 2.05) is 4.90 Å². The van der Waals surface area contributed by atoms with E-state index in [1.54, 1.807) is 18.2 Å². The van der Waals surface area contributed by atoms with Crippen molar-refractivity contribution in [3.05, 3.63) is 59.5 Å². The third-order valence-corrected chi connectivity index (χ3v) is 5.24. The molecule has 4 rings (SSSR count). The molecular formula is C22H21FN2O4. The highest BCUT2D eigenvalue weighted by Crippen LogP contribution is 2.38. The first-order chi connectivity index (χ1) is 14.0. The lowest BCUT2D eigenvalue weighted by Gasteiger charge is -2.20. The van der Waals surface area contributed by atoms with Gasteiger partial charge < -0.3 is 14.4 Å². The number of carbonyl (C=O) groups excluding carboxylic acids is 2. The summed E-state index contributed by atoms with van der Waals surface area (Å²) in [6, 6.07) is 10.5. The molecule has 2 aliphatic heterocycles. The standard InChI is InChI=1S/C22H21FN2O4/c1-28-17-10-5-14(13-18(17)29-2)19-20(24-11-3-4-12-24)22(27)25(21(19)26)16-8-6-15(23)7-9-16/h5-10,13H,3-4,11-12H2,1-2H3. The molecule has 1 fully saturated rings. The summed E-state index contributed by atoms with van der Waals surface area (Å²) in [5.41, 5.74) is 1.62. The molecule has 0 aliphatic carbocycles. The highest BCUT2D eigenvalue weighted by molar-refractivity contribution is 6.45. The summed E-state index contributed by atoms with van der Waals surface area (Å²) in [4.78, 5) is 29.7. The number of nitrogens with zero attached hydrogens (tertiary/aromatic N) is 2. The lowest BCUT2D eigenvalue weighted by Crippen LogP contribution is -2.34. The Hall–Kier alpha value is -3.35. The first kappa shape index (κ1) is 19.0. The predicted octanol–water partition coefficient (Wildman–Crippen LogP) is 3.22. The van der Waals surface area contributed by atoms with Crippen LogP contribution in [0.25, 0.3) is 5.57 Å². The number of rotatable bonds is 5. The van der Waals surface area contributed by atoms with Gasteiger partial charge in [-0.05, 0) is 54.8 Å². The average molecular weight is 396 g/mol. The first-order valence-electron chi connectivity index (χ1n) is 9.41. The number of imide groups is 1. The van der Waals surface area contributed by atoms with E-state index < -0.39 is 17.6 Å². The fourth-order valence-corrected chi connectivity index (χ4v) is 3.83. The molecule has 29 heavy (non-hydrogen) atoms. The number of amides is 2. The van der Waals surface area contributed by atoms with Crippen LogP contribution in [0.1, 0.15) is 18.4 Å². The van der Waals surface area contributed by atoms with Crippen LogP contribution >= 0.6 is 0 Å². The third-order valence-electron chi connectivity index (χ3n) is 5.24. The number of hydrogen-bond acceptors (Lipinski definition) is 5. The maximum absolute atomic E-state index is 13.4. The number of halogens is 1. The van der Waals surface area contributed by atoms with Gasteiger partial charge in [-0.15, -0.1) is 0 Å². The van der Waals surface area contributed by atoms with E-state index in [2.05, 4.69) is 0 Å². The summed E-state index contributed by atoms with van der Waals surface area (Å²) in [7, 11) is 3.05. The molecule has 0 saturated carbocycles. The first-order valence-corrected chi connectivity index (χ1v) is 9.41. The third kappa shape index (κ3) is 3.22. The highest BCUT2D eigenvalue weighted by Gasteiger charge is 2.43. The van der Waals surface area contributed by atoms with E-state index >= 15 is 0 Å². The second-order valence-corrected chi connectivity index (χ2v) is 6.91. The quantitative estimate of drug-likeness (QED) is 0.727. The van der Waals surface area contributed by atoms with Gasteiger partial charge in [-0.3, -0.25) is 9.59 Å². The minimum absolute atomic E-state index is 0.321. The molecule has 2 heterocycles. The van der Waals surface area contributed by atoms with Crippen LogP contribution in [0.2, 0.25) is 0 Å². The van der Waals surface area contributed by atoms with E-state index in [9.17, 15) is 14.0 Å². The Labute approximate surface area is 168 Å². The molecule has 2 amide bonds. The van der Waals surface area contributed by atoms with Crippen LogP contribution in [0.5, 0.6) is 11.5 Å². The second-order valence-electron chi connectivity index (χ2n) is 6.91. The van der Waals surface area contributed by atoms with Crippen molar-refractivity contribution in [2.24, 2.45) is 0 Å². The monoisotopic (exact) mass is 396 g/mol. The van der Waals surface area contributed by atoms with Crippen LogP contribution in [-0.2, 0) is 9.59 Å². The zero-order valence-electron chi connectivity index (χ0n) is 16.3. The largest absolute Gasteiger partial charge is 0.493 e. The summed E-state index contributed by atoms with van der Waals surface area (Å²) in [6.07, 6.45) is 1.92. The summed E-state index contributed by atoms with van der Waals surface area (Å²) >= 11 is 0. The summed E-state index contributed by atoms with van der Waals surface area (Å²) in [5.74, 6) is -0.254. The number of carbonyl (C=O) groups is 2. The SMILES string of the molecule is COc1ccc(C2=C(N3CCCC3)C(=O)N(c3ccc(F)cc3)C2=O)cc1OC. The van der Waals surface area contributed by atoms with Gasteiger partial charge in [-0.1, -0.05) is 6.07 Å². The Morgan fingerprint density at radius 2 is 1.52 bits per heavy atom. The summed E-state index contributed by atoms with van der Waals surface area (Å²) < 4.78 is 24.0. The van der Waals surface area contributed by atoms with E-state index in [-0.39, 0.29) is 0 Å². The molecule has 2 aromatic rings. The maximum Gasteiger partial charge on any atom is 0.282 e. The minimum atomic E-state index is -0.435. The lowest BCUT2D eigenvalue weighted by molar-refractivity contribution is -0.120. The molecule has 2 aromatic carbocycles. The molecule has 7 heteroatoms. The number of anilines is 1. The maximum atomic E-state index is 13.4. The Bertz CT molecular complexity index is 994. The van der Waals surface area contributed by atoms with E-state index in [4.69, 9.17) is 9.47 Å². The Morgan fingerprint density at radius 3 is 2.14 bits per heavy atom. The molecule has 0 aromatic heterocycles. The van der Waals surface area contributed by atoms with Crippen LogP contribution in [-0.4, -0.2) is 44.0 Å². The molecule has 2 aliphatic rings. The topological polar surface area (TPSA) is 59.1 Å². The number of hydrogen-bond donors (Lipinski definition) is 0. The lowest BCUT2D eigenvalue weighted by atomic mass is 10.0. The average Bonchev–Trinajstić information content (AvgIpc) is 3.34. The number of benzene rings is 2. The van der Waals surface area contributed by atoms with Gasteiger partial charge in [-0.25, -0.2) is 9.29 Å². The molecule has 0 radical (unpaired) electrons. The van der Waals surface area contributed by atoms with Crippen molar-refractivity contribution in [2.75, 3.05) is 32.2 Å². The minimum Gasteiger partial charge on any atom is -0.493 e. The van der Waals surface area contributed by atoms with Crippen molar-refractivity contribution < 1.29 is 23.5 Å². The van der Waals surface area contributed by atoms with Gasteiger partial charge in [0.05, 0.1) is 25.5 Å². The van der Waals surface area contributed by atoms with Gasteiger partial charge in [0.15, 0.2) is 11.5 Å². The van der Waals surface area contributed by atoms with Gasteiger partial charge in [0.25, 0.3) is 11.8 Å². The zero-order valence-corrected chi connectivity index (χ0v) is 16.3. The number of likely N-dealkylation sites (tertiary alicyclic amines) is 1. The van der Waals surface area contributed by atoms with E-state index in [1.165, 1.54) is 38.5 Å². The van der Waals surface area contributed by atoms with Gasteiger partial charge >= 0.3 is 0 Å². The predicted molar refractivity (Wildman–Crippen MR) is 106 cm³/mol. The zero-order chi connectivity index (χ0) is 20.5. The number of ether oxygens (including phenoxy) is 2. The summed E-state index contributed by atoms with van der Waals surface area (Å²) in [5, 5.41) is 0. The molecule has 1 saturated heterocycles. The molecule has 0 unspecified atom stereocenters. The molecule has 0 bridgehead atoms. The summed E-state index contributed by atoms with van der Waals surface area (Å²) in [6.45, 7) is 1.42. The van der Waals surface area contributed by atoms with E-state index in [0.29, 0.717) is 47.1 Å². The van der Waals surface area contributed by atoms with Gasteiger partial charge in [0.2, 0.25) is 0 Å². The Balaban J connectivity index is 1.84. The van der Waals surface area contributed by atoms with Crippen molar-refractivity contribution >= 4 is 23.1 Å². The molecule has 150 valence electrons. The van der Waals surface area contributed by atoms with Crippen molar-refractivity contribution in [1.82, 2.24) is 4.90 Å². The van der Waals surface area contributed by atoms with Crippen LogP contribution in [0, 0.1) is 5.82 Å². The molecule has 0 spiro atoms. The molecular weight excluding hydrogens is 375 g/mol. The van der Waals surface area contributed by atoms with Crippen molar-refractivity contribution in [3.8, 4) is 11.5 Å².